The molecule has 5 heteroatoms. The minimum Gasteiger partial charge on any atom is -0.299 e. The number of allylic oxidation sites excluding steroid dienone is 1. The Balaban J connectivity index is 1.80. The monoisotopic (exact) mass is 387 g/mol. The molecule has 0 N–H and O–H groups in total. The van der Waals surface area contributed by atoms with E-state index in [1.165, 1.54) is 0 Å². The topological polar surface area (TPSA) is 54.5 Å². The van der Waals surface area contributed by atoms with Gasteiger partial charge in [-0.3, -0.25) is 4.79 Å². The molecule has 1 aromatic rings. The largest absolute Gasteiger partial charge is 0.299 e. The fourth-order valence-electron chi connectivity index (χ4n) is 5.82. The molecule has 1 aliphatic heterocycles. The highest BCUT2D eigenvalue weighted by molar-refractivity contribution is 7.89. The second kappa shape index (κ2) is 6.28. The minimum absolute atomic E-state index is 0.0785. The van der Waals surface area contributed by atoms with E-state index >= 15 is 0 Å². The Morgan fingerprint density at radius 2 is 1.89 bits per heavy atom. The Morgan fingerprint density at radius 1 is 1.19 bits per heavy atom. The first kappa shape index (κ1) is 18.9. The van der Waals surface area contributed by atoms with Crippen LogP contribution in [0.25, 0.3) is 0 Å². The van der Waals surface area contributed by atoms with Gasteiger partial charge in [-0.2, -0.15) is 4.31 Å². The van der Waals surface area contributed by atoms with Gasteiger partial charge in [0.15, 0.2) is 0 Å². The summed E-state index contributed by atoms with van der Waals surface area (Å²) < 4.78 is 28.9. The fraction of sp³-hybridized carbons (Fsp3) is 0.591. The summed E-state index contributed by atoms with van der Waals surface area (Å²) in [6.07, 6.45) is 5.74. The molecule has 4 rings (SSSR count). The first-order chi connectivity index (χ1) is 12.7. The molecule has 3 aliphatic rings. The van der Waals surface area contributed by atoms with Crippen LogP contribution in [0.3, 0.4) is 0 Å². The molecule has 0 unspecified atom stereocenters. The van der Waals surface area contributed by atoms with Gasteiger partial charge in [-0.1, -0.05) is 42.7 Å². The van der Waals surface area contributed by atoms with E-state index in [2.05, 4.69) is 6.58 Å². The number of nitrogens with zero attached hydrogens (tertiary/aromatic N) is 1. The molecule has 2 bridgehead atoms. The Morgan fingerprint density at radius 3 is 2.56 bits per heavy atom. The summed E-state index contributed by atoms with van der Waals surface area (Å²) in [5.41, 5.74) is 1.20. The van der Waals surface area contributed by atoms with Crippen molar-refractivity contribution < 1.29 is 13.2 Å². The first-order valence-corrected chi connectivity index (χ1v) is 11.4. The van der Waals surface area contributed by atoms with Crippen LogP contribution in [-0.4, -0.2) is 31.1 Å². The lowest BCUT2D eigenvalue weighted by Gasteiger charge is -2.45. The van der Waals surface area contributed by atoms with E-state index in [0.29, 0.717) is 24.3 Å². The van der Waals surface area contributed by atoms with Crippen molar-refractivity contribution in [2.24, 2.45) is 10.8 Å². The smallest absolute Gasteiger partial charge is 0.243 e. The van der Waals surface area contributed by atoms with Crippen LogP contribution in [-0.2, 0) is 14.8 Å². The maximum atomic E-state index is 13.6. The quantitative estimate of drug-likeness (QED) is 0.729. The highest BCUT2D eigenvalue weighted by Gasteiger charge is 2.62. The van der Waals surface area contributed by atoms with E-state index in [4.69, 9.17) is 0 Å². The summed E-state index contributed by atoms with van der Waals surface area (Å²) >= 11 is 0. The third kappa shape index (κ3) is 2.73. The van der Waals surface area contributed by atoms with Crippen LogP contribution in [0.1, 0.15) is 57.4 Å². The van der Waals surface area contributed by atoms with Gasteiger partial charge < -0.3 is 0 Å². The van der Waals surface area contributed by atoms with Crippen LogP contribution in [0, 0.1) is 17.8 Å². The summed E-state index contributed by atoms with van der Waals surface area (Å²) in [6, 6.07) is 7.05. The van der Waals surface area contributed by atoms with Crippen LogP contribution in [0.2, 0.25) is 0 Å². The van der Waals surface area contributed by atoms with Gasteiger partial charge in [0.1, 0.15) is 5.78 Å². The van der Waals surface area contributed by atoms with E-state index in [9.17, 15) is 13.2 Å². The molecule has 2 aliphatic carbocycles. The van der Waals surface area contributed by atoms with E-state index in [1.807, 2.05) is 26.0 Å². The summed E-state index contributed by atoms with van der Waals surface area (Å²) in [5.74, 6) is 0.286. The first-order valence-electron chi connectivity index (χ1n) is 9.99. The predicted molar refractivity (Wildman–Crippen MR) is 106 cm³/mol. The Bertz CT molecular complexity index is 889. The average Bonchev–Trinajstić information content (AvgIpc) is 2.80. The van der Waals surface area contributed by atoms with Crippen LogP contribution in [0.15, 0.2) is 41.3 Å². The molecule has 146 valence electrons. The molecule has 1 aromatic carbocycles. The second-order valence-corrected chi connectivity index (χ2v) is 10.8. The molecule has 0 amide bonds. The van der Waals surface area contributed by atoms with Crippen molar-refractivity contribution in [2.45, 2.75) is 69.7 Å². The number of benzene rings is 1. The number of carbonyl (C=O) groups is 1. The lowest BCUT2D eigenvalue weighted by Crippen LogP contribution is -2.51. The van der Waals surface area contributed by atoms with Gasteiger partial charge >= 0.3 is 0 Å². The van der Waals surface area contributed by atoms with E-state index < -0.39 is 15.4 Å². The minimum atomic E-state index is -3.58. The van der Waals surface area contributed by atoms with Crippen LogP contribution in [0.4, 0.5) is 0 Å². The van der Waals surface area contributed by atoms with Gasteiger partial charge in [-0.15, -0.1) is 0 Å². The molecule has 1 heterocycles. The summed E-state index contributed by atoms with van der Waals surface area (Å²) in [5, 5.41) is 0. The standard InChI is InChI=1S/C22H29NO3S/c1-16(2)22-12-13-23(27(25,26)18-9-7-17(3)8-10-18)19-6-4-5-11-21(19,15-22)14-20(22)24/h7-10,19H,1,4-6,11-15H2,2-3H3/t19-,21+,22+/m0/s1. The van der Waals surface area contributed by atoms with Gasteiger partial charge in [-0.05, 0) is 57.1 Å². The fourth-order valence-corrected chi connectivity index (χ4v) is 7.57. The van der Waals surface area contributed by atoms with Crippen LogP contribution < -0.4 is 0 Å². The normalized spacial score (nSPS) is 34.1. The zero-order chi connectivity index (χ0) is 19.4. The number of sulfonamides is 1. The summed E-state index contributed by atoms with van der Waals surface area (Å²) in [6.45, 7) is 8.45. The van der Waals surface area contributed by atoms with Crippen molar-refractivity contribution >= 4 is 15.8 Å². The van der Waals surface area contributed by atoms with Crippen molar-refractivity contribution in [1.82, 2.24) is 4.31 Å². The number of aryl methyl sites for hydroxylation is 1. The Kier molecular flexibility index (Phi) is 4.39. The van der Waals surface area contributed by atoms with Crippen molar-refractivity contribution in [1.29, 1.82) is 0 Å². The van der Waals surface area contributed by atoms with E-state index in [0.717, 1.165) is 43.2 Å². The molecule has 0 aromatic heterocycles. The molecule has 0 radical (unpaired) electrons. The number of hydrogen-bond donors (Lipinski definition) is 0. The molecular formula is C22H29NO3S. The molecule has 3 fully saturated rings. The van der Waals surface area contributed by atoms with Crippen molar-refractivity contribution in [3.63, 3.8) is 0 Å². The Hall–Kier alpha value is -1.46. The van der Waals surface area contributed by atoms with Crippen molar-refractivity contribution in [2.75, 3.05) is 6.54 Å². The summed E-state index contributed by atoms with van der Waals surface area (Å²) in [7, 11) is -3.58. The number of carbonyl (C=O) groups excluding carboxylic acids is 1. The van der Waals surface area contributed by atoms with Gasteiger partial charge in [0, 0.05) is 19.0 Å². The number of ketones is 1. The number of hydrogen-bond acceptors (Lipinski definition) is 3. The highest BCUT2D eigenvalue weighted by Crippen LogP contribution is 2.61. The average molecular weight is 388 g/mol. The molecule has 1 spiro atoms. The van der Waals surface area contributed by atoms with Gasteiger partial charge in [0.2, 0.25) is 10.0 Å². The van der Waals surface area contributed by atoms with Crippen molar-refractivity contribution in [3.8, 4) is 0 Å². The van der Waals surface area contributed by atoms with E-state index in [1.54, 1.807) is 16.4 Å². The lowest BCUT2D eigenvalue weighted by molar-refractivity contribution is -0.125. The van der Waals surface area contributed by atoms with Crippen molar-refractivity contribution in [3.05, 3.63) is 42.0 Å². The van der Waals surface area contributed by atoms with Gasteiger partial charge in [-0.25, -0.2) is 8.42 Å². The summed E-state index contributed by atoms with van der Waals surface area (Å²) in [4.78, 5) is 13.4. The lowest BCUT2D eigenvalue weighted by atomic mass is 9.67. The molecule has 3 atom stereocenters. The molecule has 4 nitrogen and oxygen atoms in total. The molecule has 1 saturated heterocycles. The number of rotatable bonds is 3. The maximum absolute atomic E-state index is 13.6. The Labute approximate surface area is 162 Å². The third-order valence-corrected chi connectivity index (χ3v) is 9.28. The number of Topliss-reactive ketones (excluding diaryl/α,β-unsaturated/α-hetero) is 1. The number of fused-ring (bicyclic) bond motifs is 1. The maximum Gasteiger partial charge on any atom is 0.243 e. The second-order valence-electron chi connectivity index (χ2n) is 8.94. The zero-order valence-electron chi connectivity index (χ0n) is 16.3. The molecular weight excluding hydrogens is 358 g/mol. The SMILES string of the molecule is C=C(C)[C@]12CCN(S(=O)(=O)c3ccc(C)cc3)[C@H]3CCCC[C@@]3(CC1=O)C2. The van der Waals surface area contributed by atoms with Crippen LogP contribution >= 0.6 is 0 Å². The zero-order valence-corrected chi connectivity index (χ0v) is 17.1. The predicted octanol–water partition coefficient (Wildman–Crippen LogP) is 4.24. The van der Waals surface area contributed by atoms with Gasteiger partial charge in [0.05, 0.1) is 10.3 Å². The van der Waals surface area contributed by atoms with Crippen LogP contribution in [0.5, 0.6) is 0 Å². The van der Waals surface area contributed by atoms with E-state index in [-0.39, 0.29) is 17.2 Å². The molecule has 27 heavy (non-hydrogen) atoms. The van der Waals surface area contributed by atoms with Gasteiger partial charge in [0.25, 0.3) is 0 Å². The highest BCUT2D eigenvalue weighted by atomic mass is 32.2. The third-order valence-electron chi connectivity index (χ3n) is 7.36. The molecule has 2 saturated carbocycles.